The number of hydrogen-bond acceptors (Lipinski definition) is 3. The number of rotatable bonds is 4. The Morgan fingerprint density at radius 1 is 1.18 bits per heavy atom. The van der Waals surface area contributed by atoms with Gasteiger partial charge in [-0.1, -0.05) is 0 Å². The van der Waals surface area contributed by atoms with Gasteiger partial charge in [-0.05, 0) is 38.1 Å². The molecule has 0 saturated heterocycles. The summed E-state index contributed by atoms with van der Waals surface area (Å²) in [4.78, 5) is 12.4. The smallest absolute Gasteiger partial charge is 0.335 e. The van der Waals surface area contributed by atoms with Crippen LogP contribution in [0.4, 0.5) is 5.69 Å². The Hall–Kier alpha value is -1.55. The zero-order chi connectivity index (χ0) is 13.3. The van der Waals surface area contributed by atoms with Crippen LogP contribution in [0.5, 0.6) is 0 Å². The number of carboxylic acids is 1. The van der Waals surface area contributed by atoms with Crippen molar-refractivity contribution in [2.45, 2.75) is 13.8 Å². The summed E-state index contributed by atoms with van der Waals surface area (Å²) in [7, 11) is 3.82. The third kappa shape index (κ3) is 6.58. The monoisotopic (exact) mass is 239 g/mol. The second-order valence-electron chi connectivity index (χ2n) is 3.53. The van der Waals surface area contributed by atoms with Gasteiger partial charge in [0.15, 0.2) is 0 Å². The summed E-state index contributed by atoms with van der Waals surface area (Å²) in [5.41, 5.74) is 1.32. The average molecular weight is 239 g/mol. The lowest BCUT2D eigenvalue weighted by Gasteiger charge is -2.11. The first kappa shape index (κ1) is 15.4. The molecule has 1 aromatic rings. The lowest BCUT2D eigenvalue weighted by molar-refractivity contribution is 0.0697. The minimum atomic E-state index is -0.889. The highest BCUT2D eigenvalue weighted by Crippen LogP contribution is 2.11. The van der Waals surface area contributed by atoms with Crippen LogP contribution >= 0.6 is 0 Å². The second kappa shape index (κ2) is 8.58. The van der Waals surface area contributed by atoms with Crippen molar-refractivity contribution in [1.29, 1.82) is 0 Å². The molecule has 0 unspecified atom stereocenters. The van der Waals surface area contributed by atoms with E-state index in [1.54, 1.807) is 24.3 Å². The molecule has 1 rings (SSSR count). The molecule has 0 saturated carbocycles. The summed E-state index contributed by atoms with van der Waals surface area (Å²) >= 11 is 0. The van der Waals surface area contributed by atoms with Crippen molar-refractivity contribution >= 4 is 11.7 Å². The maximum atomic E-state index is 10.5. The van der Waals surface area contributed by atoms with E-state index in [4.69, 9.17) is 9.84 Å². The summed E-state index contributed by atoms with van der Waals surface area (Å²) < 4.78 is 4.83. The van der Waals surface area contributed by atoms with E-state index in [1.165, 1.54) is 0 Å². The van der Waals surface area contributed by atoms with Crippen molar-refractivity contribution in [3.8, 4) is 0 Å². The van der Waals surface area contributed by atoms with E-state index in [0.717, 1.165) is 18.9 Å². The van der Waals surface area contributed by atoms with Gasteiger partial charge in [0, 0.05) is 33.0 Å². The molecular formula is C13H21NO3. The molecule has 0 spiro atoms. The maximum Gasteiger partial charge on any atom is 0.335 e. The summed E-state index contributed by atoms with van der Waals surface area (Å²) in [5, 5.41) is 8.60. The summed E-state index contributed by atoms with van der Waals surface area (Å²) in [6.07, 6.45) is 0. The molecule has 96 valence electrons. The van der Waals surface area contributed by atoms with Crippen molar-refractivity contribution in [3.63, 3.8) is 0 Å². The highest BCUT2D eigenvalue weighted by Gasteiger charge is 2.01. The molecular weight excluding hydrogens is 218 g/mol. The standard InChI is InChI=1S/C9H11NO2.C4H10O/c1-10(2)8-5-3-7(4-6-8)9(11)12;1-3-5-4-2/h3-6H,1-2H3,(H,11,12);3-4H2,1-2H3. The summed E-state index contributed by atoms with van der Waals surface area (Å²) in [5.74, 6) is -0.889. The van der Waals surface area contributed by atoms with Gasteiger partial charge < -0.3 is 14.7 Å². The zero-order valence-corrected chi connectivity index (χ0v) is 10.9. The summed E-state index contributed by atoms with van der Waals surface area (Å²) in [6.45, 7) is 5.67. The quantitative estimate of drug-likeness (QED) is 0.877. The molecule has 17 heavy (non-hydrogen) atoms. The predicted octanol–water partition coefficient (Wildman–Crippen LogP) is 2.49. The SMILES string of the molecule is CCOCC.CN(C)c1ccc(C(=O)O)cc1. The molecule has 4 heteroatoms. The normalized spacial score (nSPS) is 9.18. The van der Waals surface area contributed by atoms with Gasteiger partial charge in [0.25, 0.3) is 0 Å². The number of carboxylic acid groups (broad SMARTS) is 1. The van der Waals surface area contributed by atoms with Crippen LogP contribution < -0.4 is 4.90 Å². The number of ether oxygens (including phenoxy) is 1. The van der Waals surface area contributed by atoms with E-state index in [1.807, 2.05) is 32.8 Å². The Morgan fingerprint density at radius 3 is 1.88 bits per heavy atom. The van der Waals surface area contributed by atoms with Gasteiger partial charge in [0.05, 0.1) is 5.56 Å². The van der Waals surface area contributed by atoms with E-state index >= 15 is 0 Å². The van der Waals surface area contributed by atoms with Crippen molar-refractivity contribution in [2.24, 2.45) is 0 Å². The number of benzene rings is 1. The number of aromatic carboxylic acids is 1. The average Bonchev–Trinajstić information content (AvgIpc) is 2.31. The molecule has 0 radical (unpaired) electrons. The third-order valence-corrected chi connectivity index (χ3v) is 2.04. The lowest BCUT2D eigenvalue weighted by Crippen LogP contribution is -2.08. The highest BCUT2D eigenvalue weighted by molar-refractivity contribution is 5.88. The zero-order valence-electron chi connectivity index (χ0n) is 10.9. The molecule has 0 heterocycles. The van der Waals surface area contributed by atoms with Gasteiger partial charge in [0.1, 0.15) is 0 Å². The lowest BCUT2D eigenvalue weighted by atomic mass is 10.2. The first-order valence-corrected chi connectivity index (χ1v) is 5.61. The second-order valence-corrected chi connectivity index (χ2v) is 3.53. The van der Waals surface area contributed by atoms with Crippen LogP contribution in [0.15, 0.2) is 24.3 Å². The van der Waals surface area contributed by atoms with E-state index < -0.39 is 5.97 Å². The van der Waals surface area contributed by atoms with Gasteiger partial charge >= 0.3 is 5.97 Å². The minimum absolute atomic E-state index is 0.320. The van der Waals surface area contributed by atoms with Crippen LogP contribution in [0.3, 0.4) is 0 Å². The number of anilines is 1. The Bertz CT molecular complexity index is 318. The number of nitrogens with zero attached hydrogens (tertiary/aromatic N) is 1. The van der Waals surface area contributed by atoms with Crippen LogP contribution in [-0.4, -0.2) is 38.4 Å². The first-order chi connectivity index (χ1) is 8.02. The fraction of sp³-hybridized carbons (Fsp3) is 0.462. The molecule has 0 aliphatic rings. The topological polar surface area (TPSA) is 49.8 Å². The molecule has 0 atom stereocenters. The van der Waals surface area contributed by atoms with E-state index in [9.17, 15) is 4.79 Å². The number of carbonyl (C=O) groups is 1. The fourth-order valence-corrected chi connectivity index (χ4v) is 1.11. The molecule has 1 N–H and O–H groups in total. The van der Waals surface area contributed by atoms with E-state index in [0.29, 0.717) is 5.56 Å². The van der Waals surface area contributed by atoms with Gasteiger partial charge in [-0.3, -0.25) is 0 Å². The Labute approximate surface area is 103 Å². The molecule has 0 aliphatic carbocycles. The van der Waals surface area contributed by atoms with Crippen LogP contribution in [0.2, 0.25) is 0 Å². The molecule has 0 aliphatic heterocycles. The highest BCUT2D eigenvalue weighted by atomic mass is 16.5. The van der Waals surface area contributed by atoms with E-state index in [2.05, 4.69) is 0 Å². The Kier molecular flexibility index (Phi) is 7.80. The van der Waals surface area contributed by atoms with Gasteiger partial charge in [-0.25, -0.2) is 4.79 Å². The summed E-state index contributed by atoms with van der Waals surface area (Å²) in [6, 6.07) is 6.75. The number of hydrogen-bond donors (Lipinski definition) is 1. The van der Waals surface area contributed by atoms with Crippen LogP contribution in [0.25, 0.3) is 0 Å². The molecule has 0 bridgehead atoms. The molecule has 1 aromatic carbocycles. The van der Waals surface area contributed by atoms with Crippen LogP contribution in [0, 0.1) is 0 Å². The van der Waals surface area contributed by atoms with Gasteiger partial charge in [-0.2, -0.15) is 0 Å². The molecule has 0 fully saturated rings. The van der Waals surface area contributed by atoms with Crippen LogP contribution in [0.1, 0.15) is 24.2 Å². The fourth-order valence-electron chi connectivity index (χ4n) is 1.11. The van der Waals surface area contributed by atoms with Gasteiger partial charge in [-0.15, -0.1) is 0 Å². The van der Waals surface area contributed by atoms with Gasteiger partial charge in [0.2, 0.25) is 0 Å². The van der Waals surface area contributed by atoms with Crippen molar-refractivity contribution in [2.75, 3.05) is 32.2 Å². The van der Waals surface area contributed by atoms with E-state index in [-0.39, 0.29) is 0 Å². The molecule has 4 nitrogen and oxygen atoms in total. The van der Waals surface area contributed by atoms with Crippen molar-refractivity contribution in [1.82, 2.24) is 0 Å². The third-order valence-electron chi connectivity index (χ3n) is 2.04. The first-order valence-electron chi connectivity index (χ1n) is 5.61. The molecule has 0 aromatic heterocycles. The van der Waals surface area contributed by atoms with Crippen molar-refractivity contribution in [3.05, 3.63) is 29.8 Å². The van der Waals surface area contributed by atoms with Crippen molar-refractivity contribution < 1.29 is 14.6 Å². The van der Waals surface area contributed by atoms with Crippen LogP contribution in [-0.2, 0) is 4.74 Å². The minimum Gasteiger partial charge on any atom is -0.478 e. The Balaban J connectivity index is 0.000000437. The molecule has 0 amide bonds. The predicted molar refractivity (Wildman–Crippen MR) is 69.9 cm³/mol. The Morgan fingerprint density at radius 2 is 1.65 bits per heavy atom. The largest absolute Gasteiger partial charge is 0.478 e. The maximum absolute atomic E-state index is 10.5.